The molecule has 1 N–H and O–H groups in total. The summed E-state index contributed by atoms with van der Waals surface area (Å²) in [6, 6.07) is 19.2. The third kappa shape index (κ3) is 3.19. The van der Waals surface area contributed by atoms with E-state index in [0.29, 0.717) is 6.42 Å². The number of nitrogens with zero attached hydrogens (tertiary/aromatic N) is 1. The van der Waals surface area contributed by atoms with Gasteiger partial charge >= 0.3 is 0 Å². The SMILES string of the molecule is N#CCc1ccc(NCc2ccc(C3CC3)cc2)cc1. The van der Waals surface area contributed by atoms with Gasteiger partial charge in [0.05, 0.1) is 12.5 Å². The first-order valence-electron chi connectivity index (χ1n) is 7.14. The average Bonchev–Trinajstić information content (AvgIpc) is 3.32. The summed E-state index contributed by atoms with van der Waals surface area (Å²) in [5.41, 5.74) is 4.94. The number of benzene rings is 2. The van der Waals surface area contributed by atoms with Crippen molar-refractivity contribution in [1.29, 1.82) is 5.26 Å². The molecule has 0 bridgehead atoms. The van der Waals surface area contributed by atoms with Crippen molar-refractivity contribution < 1.29 is 0 Å². The monoisotopic (exact) mass is 262 g/mol. The maximum absolute atomic E-state index is 8.64. The Morgan fingerprint density at radius 1 is 0.950 bits per heavy atom. The summed E-state index contributed by atoms with van der Waals surface area (Å²) in [6.07, 6.45) is 3.18. The van der Waals surface area contributed by atoms with Crippen LogP contribution in [0.4, 0.5) is 5.69 Å². The van der Waals surface area contributed by atoms with Crippen LogP contribution >= 0.6 is 0 Å². The van der Waals surface area contributed by atoms with Crippen molar-refractivity contribution in [3.63, 3.8) is 0 Å². The highest BCUT2D eigenvalue weighted by Gasteiger charge is 2.22. The van der Waals surface area contributed by atoms with Gasteiger partial charge in [0.2, 0.25) is 0 Å². The molecular weight excluding hydrogens is 244 g/mol. The summed E-state index contributed by atoms with van der Waals surface area (Å²) in [6.45, 7) is 0.836. The molecule has 100 valence electrons. The summed E-state index contributed by atoms with van der Waals surface area (Å²) in [5, 5.41) is 12.1. The first kappa shape index (κ1) is 12.7. The van der Waals surface area contributed by atoms with Gasteiger partial charge in [0.25, 0.3) is 0 Å². The molecule has 3 rings (SSSR count). The Hall–Kier alpha value is -2.27. The van der Waals surface area contributed by atoms with Crippen LogP contribution in [0.15, 0.2) is 48.5 Å². The predicted octanol–water partition coefficient (Wildman–Crippen LogP) is 4.24. The Morgan fingerprint density at radius 2 is 1.60 bits per heavy atom. The molecule has 0 saturated heterocycles. The first-order chi connectivity index (χ1) is 9.85. The van der Waals surface area contributed by atoms with Crippen molar-refractivity contribution in [2.45, 2.75) is 31.7 Å². The van der Waals surface area contributed by atoms with Crippen LogP contribution in [0.1, 0.15) is 35.4 Å². The fraction of sp³-hybridized carbons (Fsp3) is 0.278. The van der Waals surface area contributed by atoms with E-state index in [1.54, 1.807) is 0 Å². The van der Waals surface area contributed by atoms with Crippen LogP contribution in [0.3, 0.4) is 0 Å². The molecule has 0 aliphatic heterocycles. The third-order valence-corrected chi connectivity index (χ3v) is 3.76. The summed E-state index contributed by atoms with van der Waals surface area (Å²) >= 11 is 0. The molecule has 1 fully saturated rings. The quantitative estimate of drug-likeness (QED) is 0.874. The van der Waals surface area contributed by atoms with Crippen molar-refractivity contribution >= 4 is 5.69 Å². The number of anilines is 1. The van der Waals surface area contributed by atoms with Crippen molar-refractivity contribution in [1.82, 2.24) is 0 Å². The molecular formula is C18H18N2. The van der Waals surface area contributed by atoms with E-state index in [1.807, 2.05) is 24.3 Å². The van der Waals surface area contributed by atoms with Crippen LogP contribution in [0.5, 0.6) is 0 Å². The van der Waals surface area contributed by atoms with Crippen LogP contribution in [0, 0.1) is 11.3 Å². The fourth-order valence-electron chi connectivity index (χ4n) is 2.36. The maximum Gasteiger partial charge on any atom is 0.0669 e. The number of nitriles is 1. The van der Waals surface area contributed by atoms with Gasteiger partial charge < -0.3 is 5.32 Å². The highest BCUT2D eigenvalue weighted by Crippen LogP contribution is 2.39. The Bertz CT molecular complexity index is 601. The molecule has 1 aliphatic rings. The van der Waals surface area contributed by atoms with Crippen molar-refractivity contribution in [3.8, 4) is 6.07 Å². The maximum atomic E-state index is 8.64. The fourth-order valence-corrected chi connectivity index (χ4v) is 2.36. The zero-order valence-corrected chi connectivity index (χ0v) is 11.5. The van der Waals surface area contributed by atoms with E-state index in [2.05, 4.69) is 35.7 Å². The Balaban J connectivity index is 1.56. The summed E-state index contributed by atoms with van der Waals surface area (Å²) in [7, 11) is 0. The van der Waals surface area contributed by atoms with Gasteiger partial charge in [0, 0.05) is 12.2 Å². The lowest BCUT2D eigenvalue weighted by Crippen LogP contribution is -1.99. The van der Waals surface area contributed by atoms with Crippen LogP contribution in [0.25, 0.3) is 0 Å². The molecule has 20 heavy (non-hydrogen) atoms. The lowest BCUT2D eigenvalue weighted by Gasteiger charge is -2.08. The lowest BCUT2D eigenvalue weighted by molar-refractivity contribution is 1.10. The molecule has 2 aromatic rings. The molecule has 0 heterocycles. The molecule has 0 amide bonds. The number of hydrogen-bond acceptors (Lipinski definition) is 2. The second-order valence-corrected chi connectivity index (χ2v) is 5.40. The largest absolute Gasteiger partial charge is 0.381 e. The van der Waals surface area contributed by atoms with E-state index in [0.717, 1.165) is 23.7 Å². The van der Waals surface area contributed by atoms with E-state index in [9.17, 15) is 0 Å². The van der Waals surface area contributed by atoms with Gasteiger partial charge in [0.15, 0.2) is 0 Å². The highest BCUT2D eigenvalue weighted by atomic mass is 14.9. The van der Waals surface area contributed by atoms with Crippen molar-refractivity contribution in [2.24, 2.45) is 0 Å². The molecule has 0 aromatic heterocycles. The normalized spacial score (nSPS) is 13.8. The number of hydrogen-bond donors (Lipinski definition) is 1. The summed E-state index contributed by atoms with van der Waals surface area (Å²) in [5.74, 6) is 0.824. The Kier molecular flexibility index (Phi) is 3.69. The molecule has 2 aromatic carbocycles. The number of rotatable bonds is 5. The predicted molar refractivity (Wildman–Crippen MR) is 81.5 cm³/mol. The van der Waals surface area contributed by atoms with Gasteiger partial charge in [-0.3, -0.25) is 0 Å². The molecule has 0 atom stereocenters. The molecule has 0 radical (unpaired) electrons. The van der Waals surface area contributed by atoms with E-state index < -0.39 is 0 Å². The van der Waals surface area contributed by atoms with E-state index in [4.69, 9.17) is 5.26 Å². The molecule has 1 saturated carbocycles. The first-order valence-corrected chi connectivity index (χ1v) is 7.14. The van der Waals surface area contributed by atoms with Gasteiger partial charge in [-0.2, -0.15) is 5.26 Å². The average molecular weight is 262 g/mol. The van der Waals surface area contributed by atoms with Gasteiger partial charge in [-0.15, -0.1) is 0 Å². The second kappa shape index (κ2) is 5.79. The zero-order valence-electron chi connectivity index (χ0n) is 11.5. The van der Waals surface area contributed by atoms with Crippen LogP contribution in [-0.2, 0) is 13.0 Å². The lowest BCUT2D eigenvalue weighted by atomic mass is 10.1. The van der Waals surface area contributed by atoms with Crippen molar-refractivity contribution in [3.05, 3.63) is 65.2 Å². The summed E-state index contributed by atoms with van der Waals surface area (Å²) < 4.78 is 0. The minimum Gasteiger partial charge on any atom is -0.381 e. The Labute approximate surface area is 120 Å². The van der Waals surface area contributed by atoms with E-state index in [-0.39, 0.29) is 0 Å². The standard InChI is InChI=1S/C18H18N2/c19-12-11-14-3-9-18(10-4-14)20-13-15-1-5-16(6-2-15)17-7-8-17/h1-6,9-10,17,20H,7-8,11,13H2. The van der Waals surface area contributed by atoms with Gasteiger partial charge in [-0.25, -0.2) is 0 Å². The minimum atomic E-state index is 0.475. The van der Waals surface area contributed by atoms with Crippen LogP contribution in [0.2, 0.25) is 0 Å². The van der Waals surface area contributed by atoms with Crippen LogP contribution in [-0.4, -0.2) is 0 Å². The van der Waals surface area contributed by atoms with Crippen molar-refractivity contribution in [2.75, 3.05) is 5.32 Å². The molecule has 1 aliphatic carbocycles. The zero-order chi connectivity index (χ0) is 13.8. The highest BCUT2D eigenvalue weighted by molar-refractivity contribution is 5.45. The van der Waals surface area contributed by atoms with E-state index in [1.165, 1.54) is 24.0 Å². The number of nitrogens with one attached hydrogen (secondary N) is 1. The molecule has 0 unspecified atom stereocenters. The molecule has 2 heteroatoms. The van der Waals surface area contributed by atoms with Crippen LogP contribution < -0.4 is 5.32 Å². The topological polar surface area (TPSA) is 35.8 Å². The molecule has 2 nitrogen and oxygen atoms in total. The van der Waals surface area contributed by atoms with Gasteiger partial charge in [-0.05, 0) is 47.6 Å². The molecule has 0 spiro atoms. The smallest absolute Gasteiger partial charge is 0.0669 e. The minimum absolute atomic E-state index is 0.475. The van der Waals surface area contributed by atoms with Gasteiger partial charge in [-0.1, -0.05) is 36.4 Å². The second-order valence-electron chi connectivity index (χ2n) is 5.40. The third-order valence-electron chi connectivity index (χ3n) is 3.76. The van der Waals surface area contributed by atoms with Gasteiger partial charge in [0.1, 0.15) is 0 Å². The Morgan fingerprint density at radius 3 is 2.20 bits per heavy atom. The van der Waals surface area contributed by atoms with E-state index >= 15 is 0 Å². The summed E-state index contributed by atoms with van der Waals surface area (Å²) in [4.78, 5) is 0.